The van der Waals surface area contributed by atoms with Crippen LogP contribution in [0.3, 0.4) is 0 Å². The van der Waals surface area contributed by atoms with E-state index in [1.165, 1.54) is 5.56 Å². The summed E-state index contributed by atoms with van der Waals surface area (Å²) in [6.45, 7) is 1.41. The van der Waals surface area contributed by atoms with Crippen molar-refractivity contribution in [1.29, 1.82) is 0 Å². The summed E-state index contributed by atoms with van der Waals surface area (Å²) in [6.07, 6.45) is 0. The van der Waals surface area contributed by atoms with Crippen LogP contribution in [0.4, 0.5) is 5.69 Å². The van der Waals surface area contributed by atoms with Crippen LogP contribution in [0.5, 0.6) is 5.75 Å². The van der Waals surface area contributed by atoms with Crippen LogP contribution in [-0.4, -0.2) is 19.6 Å². The summed E-state index contributed by atoms with van der Waals surface area (Å²) in [5.41, 5.74) is 3.48. The van der Waals surface area contributed by atoms with Gasteiger partial charge in [0.05, 0.1) is 26.2 Å². The van der Waals surface area contributed by atoms with Gasteiger partial charge < -0.3 is 15.0 Å². The summed E-state index contributed by atoms with van der Waals surface area (Å²) < 4.78 is 5.46. The zero-order chi connectivity index (χ0) is 18.5. The predicted octanol–water partition coefficient (Wildman–Crippen LogP) is 4.40. The van der Waals surface area contributed by atoms with Crippen molar-refractivity contribution in [2.45, 2.75) is 12.6 Å². The van der Waals surface area contributed by atoms with E-state index in [0.29, 0.717) is 6.54 Å². The molecule has 3 aromatic carbocycles. The zero-order valence-electron chi connectivity index (χ0n) is 15.4. The number of benzene rings is 3. The van der Waals surface area contributed by atoms with Crippen LogP contribution in [0.25, 0.3) is 0 Å². The first kappa shape index (κ1) is 17.2. The van der Waals surface area contributed by atoms with Crippen LogP contribution in [0.15, 0.2) is 89.9 Å². The highest BCUT2D eigenvalue weighted by Crippen LogP contribution is 2.26. The number of nitrogens with zero attached hydrogens (tertiary/aromatic N) is 2. The first-order valence-electron chi connectivity index (χ1n) is 9.15. The van der Waals surface area contributed by atoms with E-state index in [0.717, 1.165) is 29.5 Å². The van der Waals surface area contributed by atoms with E-state index in [1.807, 2.05) is 30.3 Å². The van der Waals surface area contributed by atoms with Gasteiger partial charge in [0, 0.05) is 11.3 Å². The van der Waals surface area contributed by atoms with Crippen LogP contribution in [-0.2, 0) is 6.54 Å². The van der Waals surface area contributed by atoms with E-state index < -0.39 is 0 Å². The Bertz CT molecular complexity index is 909. The second kappa shape index (κ2) is 7.96. The van der Waals surface area contributed by atoms with E-state index in [1.54, 1.807) is 7.11 Å². The lowest BCUT2D eigenvalue weighted by Crippen LogP contribution is -2.30. The Balaban J connectivity index is 1.63. The van der Waals surface area contributed by atoms with Gasteiger partial charge in [-0.3, -0.25) is 0 Å². The Hall–Kier alpha value is -3.27. The average Bonchev–Trinajstić information content (AvgIpc) is 3.18. The Morgan fingerprint density at radius 3 is 2.33 bits per heavy atom. The Kier molecular flexibility index (Phi) is 5.06. The van der Waals surface area contributed by atoms with Gasteiger partial charge in [-0.2, -0.15) is 0 Å². The molecule has 3 aromatic rings. The van der Waals surface area contributed by atoms with Crippen molar-refractivity contribution >= 4 is 11.6 Å². The normalized spacial score (nSPS) is 17.7. The number of ether oxygens (including phenoxy) is 1. The number of anilines is 1. The highest BCUT2D eigenvalue weighted by Gasteiger charge is 2.29. The molecule has 4 heteroatoms. The number of methoxy groups -OCH3 is 1. The van der Waals surface area contributed by atoms with Crippen molar-refractivity contribution in [3.05, 3.63) is 96.1 Å². The number of hydrogen-bond donors (Lipinski definition) is 1. The summed E-state index contributed by atoms with van der Waals surface area (Å²) in [6, 6.07) is 29.1. The SMILES string of the molecule is COc1ccccc1CN=C1NC(c2ccccc2)CN1c1ccccc1. The standard InChI is InChI=1S/C23H23N3O/c1-27-22-15-9-8-12-19(22)16-24-23-25-21(18-10-4-2-5-11-18)17-26(23)20-13-6-3-7-14-20/h2-15,21H,16-17H2,1H3,(H,24,25). The molecule has 0 amide bonds. The third-order valence-corrected chi connectivity index (χ3v) is 4.79. The van der Waals surface area contributed by atoms with Gasteiger partial charge in [-0.15, -0.1) is 0 Å². The molecule has 0 aliphatic carbocycles. The summed E-state index contributed by atoms with van der Waals surface area (Å²) >= 11 is 0. The maximum Gasteiger partial charge on any atom is 0.199 e. The van der Waals surface area contributed by atoms with E-state index in [2.05, 4.69) is 64.8 Å². The van der Waals surface area contributed by atoms with Crippen molar-refractivity contribution in [3.63, 3.8) is 0 Å². The largest absolute Gasteiger partial charge is 0.496 e. The minimum absolute atomic E-state index is 0.211. The van der Waals surface area contributed by atoms with Gasteiger partial charge >= 0.3 is 0 Å². The predicted molar refractivity (Wildman–Crippen MR) is 110 cm³/mol. The molecule has 1 unspecified atom stereocenters. The Labute approximate surface area is 160 Å². The molecule has 1 saturated heterocycles. The van der Waals surface area contributed by atoms with E-state index in [-0.39, 0.29) is 6.04 Å². The molecule has 4 nitrogen and oxygen atoms in total. The highest BCUT2D eigenvalue weighted by molar-refractivity contribution is 5.98. The molecule has 1 fully saturated rings. The average molecular weight is 357 g/mol. The first-order valence-corrected chi connectivity index (χ1v) is 9.15. The summed E-state index contributed by atoms with van der Waals surface area (Å²) in [7, 11) is 1.70. The monoisotopic (exact) mass is 357 g/mol. The topological polar surface area (TPSA) is 36.9 Å². The third kappa shape index (κ3) is 3.80. The van der Waals surface area contributed by atoms with Gasteiger partial charge in [0.2, 0.25) is 0 Å². The Morgan fingerprint density at radius 2 is 1.59 bits per heavy atom. The van der Waals surface area contributed by atoms with Crippen LogP contribution in [0.1, 0.15) is 17.2 Å². The molecule has 1 atom stereocenters. The van der Waals surface area contributed by atoms with Gasteiger partial charge in [0.25, 0.3) is 0 Å². The molecular formula is C23H23N3O. The molecular weight excluding hydrogens is 334 g/mol. The number of aliphatic imine (C=N–C) groups is 1. The van der Waals surface area contributed by atoms with Gasteiger partial charge in [0.1, 0.15) is 5.75 Å². The molecule has 1 aliphatic heterocycles. The molecule has 27 heavy (non-hydrogen) atoms. The lowest BCUT2D eigenvalue weighted by molar-refractivity contribution is 0.410. The number of rotatable bonds is 5. The fourth-order valence-corrected chi connectivity index (χ4v) is 3.38. The molecule has 0 saturated carbocycles. The van der Waals surface area contributed by atoms with E-state index >= 15 is 0 Å². The first-order chi connectivity index (χ1) is 13.3. The fraction of sp³-hybridized carbons (Fsp3) is 0.174. The van der Waals surface area contributed by atoms with Gasteiger partial charge in [-0.1, -0.05) is 66.7 Å². The molecule has 0 spiro atoms. The zero-order valence-corrected chi connectivity index (χ0v) is 15.4. The molecule has 0 bridgehead atoms. The van der Waals surface area contributed by atoms with Crippen molar-refractivity contribution in [2.24, 2.45) is 4.99 Å². The highest BCUT2D eigenvalue weighted by atomic mass is 16.5. The van der Waals surface area contributed by atoms with Crippen LogP contribution < -0.4 is 15.0 Å². The summed E-state index contributed by atoms with van der Waals surface area (Å²) in [5, 5.41) is 3.60. The van der Waals surface area contributed by atoms with Crippen LogP contribution >= 0.6 is 0 Å². The molecule has 136 valence electrons. The molecule has 1 aliphatic rings. The maximum atomic E-state index is 5.46. The van der Waals surface area contributed by atoms with Crippen LogP contribution in [0.2, 0.25) is 0 Å². The maximum absolute atomic E-state index is 5.46. The number of guanidine groups is 1. The van der Waals surface area contributed by atoms with Crippen molar-refractivity contribution in [2.75, 3.05) is 18.6 Å². The summed E-state index contributed by atoms with van der Waals surface area (Å²) in [5.74, 6) is 1.76. The minimum atomic E-state index is 0.211. The van der Waals surface area contributed by atoms with E-state index in [4.69, 9.17) is 9.73 Å². The van der Waals surface area contributed by atoms with Crippen molar-refractivity contribution in [3.8, 4) is 5.75 Å². The smallest absolute Gasteiger partial charge is 0.199 e. The van der Waals surface area contributed by atoms with E-state index in [9.17, 15) is 0 Å². The van der Waals surface area contributed by atoms with Crippen molar-refractivity contribution in [1.82, 2.24) is 5.32 Å². The Morgan fingerprint density at radius 1 is 0.926 bits per heavy atom. The third-order valence-electron chi connectivity index (χ3n) is 4.79. The second-order valence-corrected chi connectivity index (χ2v) is 6.51. The van der Waals surface area contributed by atoms with Gasteiger partial charge in [0.15, 0.2) is 5.96 Å². The van der Waals surface area contributed by atoms with Crippen LogP contribution in [0, 0.1) is 0 Å². The molecule has 1 heterocycles. The molecule has 4 rings (SSSR count). The lowest BCUT2D eigenvalue weighted by Gasteiger charge is -2.18. The van der Waals surface area contributed by atoms with Gasteiger partial charge in [-0.25, -0.2) is 4.99 Å². The number of hydrogen-bond acceptors (Lipinski definition) is 2. The molecule has 0 aromatic heterocycles. The fourth-order valence-electron chi connectivity index (χ4n) is 3.38. The molecule has 0 radical (unpaired) electrons. The molecule has 1 N–H and O–H groups in total. The second-order valence-electron chi connectivity index (χ2n) is 6.51. The quantitative estimate of drug-likeness (QED) is 0.735. The van der Waals surface area contributed by atoms with Gasteiger partial charge in [-0.05, 0) is 23.8 Å². The minimum Gasteiger partial charge on any atom is -0.496 e. The lowest BCUT2D eigenvalue weighted by atomic mass is 10.1. The van der Waals surface area contributed by atoms with Crippen molar-refractivity contribution < 1.29 is 4.74 Å². The number of nitrogens with one attached hydrogen (secondary N) is 1. The number of para-hydroxylation sites is 2. The summed E-state index contributed by atoms with van der Waals surface area (Å²) in [4.78, 5) is 7.13.